The van der Waals surface area contributed by atoms with Gasteiger partial charge >= 0.3 is 0 Å². The van der Waals surface area contributed by atoms with E-state index >= 15 is 0 Å². The molecule has 2 aromatic carbocycles. The second-order valence-corrected chi connectivity index (χ2v) is 7.73. The zero-order valence-electron chi connectivity index (χ0n) is 16.4. The molecule has 0 saturated carbocycles. The topological polar surface area (TPSA) is 64.7 Å². The van der Waals surface area contributed by atoms with Crippen LogP contribution in [-0.4, -0.2) is 48.0 Å². The van der Waals surface area contributed by atoms with Crippen LogP contribution in [-0.2, 0) is 4.79 Å². The zero-order chi connectivity index (χ0) is 21.0. The summed E-state index contributed by atoms with van der Waals surface area (Å²) in [5.41, 5.74) is 3.22. The van der Waals surface area contributed by atoms with Crippen LogP contribution in [0.15, 0.2) is 42.5 Å². The molecule has 1 saturated heterocycles. The molecule has 152 valence electrons. The van der Waals surface area contributed by atoms with E-state index in [0.29, 0.717) is 10.6 Å². The number of carbonyl (C=O) groups excluding carboxylic acids is 2. The van der Waals surface area contributed by atoms with Crippen LogP contribution in [0.25, 0.3) is 0 Å². The van der Waals surface area contributed by atoms with Crippen molar-refractivity contribution in [1.82, 2.24) is 10.2 Å². The van der Waals surface area contributed by atoms with Crippen molar-refractivity contribution < 1.29 is 9.59 Å². The molecule has 2 aromatic rings. The van der Waals surface area contributed by atoms with E-state index in [9.17, 15) is 9.59 Å². The lowest BCUT2D eigenvalue weighted by atomic mass is 10.1. The van der Waals surface area contributed by atoms with Gasteiger partial charge < -0.3 is 15.1 Å². The Hall–Kier alpha value is -2.64. The van der Waals surface area contributed by atoms with E-state index in [1.54, 1.807) is 25.1 Å². The lowest BCUT2D eigenvalue weighted by Crippen LogP contribution is -2.48. The first-order chi connectivity index (χ1) is 13.8. The van der Waals surface area contributed by atoms with Gasteiger partial charge in [0.2, 0.25) is 5.91 Å². The summed E-state index contributed by atoms with van der Waals surface area (Å²) in [6.45, 7) is 6.55. The highest BCUT2D eigenvalue weighted by molar-refractivity contribution is 7.80. The van der Waals surface area contributed by atoms with Gasteiger partial charge in [-0.25, -0.2) is 0 Å². The summed E-state index contributed by atoms with van der Waals surface area (Å²) in [5, 5.41) is 6.43. The molecule has 2 N–H and O–H groups in total. The molecule has 1 aliphatic rings. The lowest BCUT2D eigenvalue weighted by molar-refractivity contribution is -0.129. The molecule has 0 bridgehead atoms. The van der Waals surface area contributed by atoms with Crippen LogP contribution in [0, 0.1) is 6.92 Å². The number of hydrogen-bond acceptors (Lipinski definition) is 4. The van der Waals surface area contributed by atoms with Crippen LogP contribution in [0.1, 0.15) is 22.8 Å². The fraction of sp³-hybridized carbons (Fsp3) is 0.286. The Morgan fingerprint density at radius 2 is 1.69 bits per heavy atom. The minimum absolute atomic E-state index is 0.118. The minimum atomic E-state index is -0.315. The SMILES string of the molecule is CC(=O)N1CCN(c2ccc(NC(=S)NC(=O)c3ccc(C)c(Cl)c3)cc2)CC1. The molecule has 2 amide bonds. The van der Waals surface area contributed by atoms with Crippen LogP contribution < -0.4 is 15.5 Å². The van der Waals surface area contributed by atoms with E-state index < -0.39 is 0 Å². The Bertz CT molecular complexity index is 925. The quantitative estimate of drug-likeness (QED) is 0.730. The van der Waals surface area contributed by atoms with E-state index in [0.717, 1.165) is 43.1 Å². The normalized spacial score (nSPS) is 13.8. The van der Waals surface area contributed by atoms with Gasteiger partial charge in [0.05, 0.1) is 0 Å². The van der Waals surface area contributed by atoms with Crippen molar-refractivity contribution in [1.29, 1.82) is 0 Å². The fourth-order valence-electron chi connectivity index (χ4n) is 3.11. The van der Waals surface area contributed by atoms with Crippen molar-refractivity contribution >= 4 is 52.1 Å². The largest absolute Gasteiger partial charge is 0.368 e. The van der Waals surface area contributed by atoms with Crippen LogP contribution >= 0.6 is 23.8 Å². The highest BCUT2D eigenvalue weighted by Crippen LogP contribution is 2.20. The van der Waals surface area contributed by atoms with E-state index in [1.165, 1.54) is 0 Å². The predicted octanol–water partition coefficient (Wildman–Crippen LogP) is 3.44. The highest BCUT2D eigenvalue weighted by atomic mass is 35.5. The van der Waals surface area contributed by atoms with Crippen molar-refractivity contribution in [2.45, 2.75) is 13.8 Å². The third-order valence-electron chi connectivity index (χ3n) is 4.88. The van der Waals surface area contributed by atoms with Crippen LogP contribution in [0.3, 0.4) is 0 Å². The van der Waals surface area contributed by atoms with Crippen LogP contribution in [0.4, 0.5) is 11.4 Å². The fourth-order valence-corrected chi connectivity index (χ4v) is 3.50. The first-order valence-corrected chi connectivity index (χ1v) is 10.1. The molecule has 3 rings (SSSR count). The summed E-state index contributed by atoms with van der Waals surface area (Å²) in [4.78, 5) is 27.8. The van der Waals surface area contributed by atoms with Gasteiger partial charge in [0, 0.05) is 55.1 Å². The summed E-state index contributed by atoms with van der Waals surface area (Å²) in [6.07, 6.45) is 0. The van der Waals surface area contributed by atoms with Gasteiger partial charge in [-0.05, 0) is 61.1 Å². The van der Waals surface area contributed by atoms with Gasteiger partial charge in [-0.2, -0.15) is 0 Å². The number of nitrogens with zero attached hydrogens (tertiary/aromatic N) is 2. The number of carbonyl (C=O) groups is 2. The minimum Gasteiger partial charge on any atom is -0.368 e. The first-order valence-electron chi connectivity index (χ1n) is 9.32. The van der Waals surface area contributed by atoms with Crippen molar-refractivity contribution in [3.8, 4) is 0 Å². The number of anilines is 2. The van der Waals surface area contributed by atoms with Gasteiger partial charge in [0.25, 0.3) is 5.91 Å². The molecule has 0 unspecified atom stereocenters. The summed E-state index contributed by atoms with van der Waals surface area (Å²) in [5.74, 6) is -0.197. The Morgan fingerprint density at radius 1 is 1.03 bits per heavy atom. The molecule has 0 spiro atoms. The number of nitrogens with one attached hydrogen (secondary N) is 2. The van der Waals surface area contributed by atoms with E-state index in [-0.39, 0.29) is 16.9 Å². The number of benzene rings is 2. The van der Waals surface area contributed by atoms with Gasteiger partial charge in [-0.1, -0.05) is 17.7 Å². The second kappa shape index (κ2) is 9.24. The molecule has 0 aliphatic carbocycles. The second-order valence-electron chi connectivity index (χ2n) is 6.91. The number of aryl methyl sites for hydroxylation is 1. The molecule has 8 heteroatoms. The summed E-state index contributed by atoms with van der Waals surface area (Å²) >= 11 is 11.3. The van der Waals surface area contributed by atoms with Gasteiger partial charge in [-0.3, -0.25) is 14.9 Å². The zero-order valence-corrected chi connectivity index (χ0v) is 17.9. The number of hydrogen-bond donors (Lipinski definition) is 2. The molecular formula is C21H23ClN4O2S. The standard InChI is InChI=1S/C21H23ClN4O2S/c1-14-3-4-16(13-19(14)22)20(28)24-21(29)23-17-5-7-18(8-6-17)26-11-9-25(10-12-26)15(2)27/h3-8,13H,9-12H2,1-2H3,(H2,23,24,28,29). The maximum Gasteiger partial charge on any atom is 0.257 e. The average molecular weight is 431 g/mol. The Balaban J connectivity index is 1.54. The van der Waals surface area contributed by atoms with E-state index in [4.69, 9.17) is 23.8 Å². The number of amides is 2. The first kappa shape index (κ1) is 21.1. The third kappa shape index (κ3) is 5.46. The Morgan fingerprint density at radius 3 is 2.28 bits per heavy atom. The third-order valence-corrected chi connectivity index (χ3v) is 5.49. The number of rotatable bonds is 3. The molecule has 1 fully saturated rings. The Kier molecular flexibility index (Phi) is 6.71. The van der Waals surface area contributed by atoms with Crippen molar-refractivity contribution in [3.05, 3.63) is 58.6 Å². The molecule has 29 heavy (non-hydrogen) atoms. The summed E-state index contributed by atoms with van der Waals surface area (Å²) < 4.78 is 0. The number of piperazine rings is 1. The van der Waals surface area contributed by atoms with Crippen LogP contribution in [0.5, 0.6) is 0 Å². The molecule has 0 radical (unpaired) electrons. The molecule has 0 aromatic heterocycles. The molecular weight excluding hydrogens is 408 g/mol. The predicted molar refractivity (Wildman–Crippen MR) is 121 cm³/mol. The summed E-state index contributed by atoms with van der Waals surface area (Å²) in [6, 6.07) is 12.9. The van der Waals surface area contributed by atoms with Crippen molar-refractivity contribution in [2.75, 3.05) is 36.4 Å². The molecule has 1 aliphatic heterocycles. The van der Waals surface area contributed by atoms with Gasteiger partial charge in [-0.15, -0.1) is 0 Å². The van der Waals surface area contributed by atoms with E-state index in [2.05, 4.69) is 15.5 Å². The van der Waals surface area contributed by atoms with Gasteiger partial charge in [0.1, 0.15) is 0 Å². The van der Waals surface area contributed by atoms with E-state index in [1.807, 2.05) is 36.1 Å². The monoisotopic (exact) mass is 430 g/mol. The highest BCUT2D eigenvalue weighted by Gasteiger charge is 2.18. The van der Waals surface area contributed by atoms with Gasteiger partial charge in [0.15, 0.2) is 5.11 Å². The average Bonchev–Trinajstić information content (AvgIpc) is 2.70. The number of halogens is 1. The Labute approximate surface area is 180 Å². The number of thiocarbonyl (C=S) groups is 1. The lowest BCUT2D eigenvalue weighted by Gasteiger charge is -2.35. The van der Waals surface area contributed by atoms with Crippen LogP contribution in [0.2, 0.25) is 5.02 Å². The smallest absolute Gasteiger partial charge is 0.257 e. The molecule has 0 atom stereocenters. The maximum atomic E-state index is 12.3. The van der Waals surface area contributed by atoms with Crippen molar-refractivity contribution in [2.24, 2.45) is 0 Å². The summed E-state index contributed by atoms with van der Waals surface area (Å²) in [7, 11) is 0. The van der Waals surface area contributed by atoms with Crippen molar-refractivity contribution in [3.63, 3.8) is 0 Å². The molecule has 1 heterocycles. The molecule has 6 nitrogen and oxygen atoms in total. The maximum absolute atomic E-state index is 12.3.